The van der Waals surface area contributed by atoms with Crippen molar-refractivity contribution in [2.45, 2.75) is 39.3 Å². The maximum Gasteiger partial charge on any atom is 0.410 e. The number of nitrogens with one attached hydrogen (secondary N) is 1. The molecule has 0 spiro atoms. The van der Waals surface area contributed by atoms with E-state index in [4.69, 9.17) is 10.00 Å². The van der Waals surface area contributed by atoms with Crippen molar-refractivity contribution in [2.24, 2.45) is 0 Å². The smallest absolute Gasteiger partial charge is 0.410 e. The second kappa shape index (κ2) is 8.49. The zero-order chi connectivity index (χ0) is 17.5. The van der Waals surface area contributed by atoms with Gasteiger partial charge in [-0.25, -0.2) is 9.18 Å². The van der Waals surface area contributed by atoms with Crippen LogP contribution in [0.25, 0.3) is 0 Å². The average molecular weight is 321 g/mol. The first-order valence-electron chi connectivity index (χ1n) is 7.56. The molecule has 0 saturated carbocycles. The van der Waals surface area contributed by atoms with E-state index in [0.29, 0.717) is 19.6 Å². The van der Waals surface area contributed by atoms with E-state index in [2.05, 4.69) is 5.32 Å². The highest BCUT2D eigenvalue weighted by molar-refractivity contribution is 5.67. The lowest BCUT2D eigenvalue weighted by Crippen LogP contribution is -2.35. The van der Waals surface area contributed by atoms with E-state index < -0.39 is 11.4 Å². The Kier molecular flexibility index (Phi) is 6.98. The van der Waals surface area contributed by atoms with Crippen LogP contribution in [0.15, 0.2) is 18.2 Å². The van der Waals surface area contributed by atoms with Crippen molar-refractivity contribution in [3.05, 3.63) is 35.1 Å². The molecule has 6 heteroatoms. The van der Waals surface area contributed by atoms with Crippen molar-refractivity contribution in [3.8, 4) is 6.07 Å². The number of nitrogens with zero attached hydrogens (tertiary/aromatic N) is 2. The number of benzene rings is 1. The van der Waals surface area contributed by atoms with Gasteiger partial charge in [0.15, 0.2) is 0 Å². The fourth-order valence-corrected chi connectivity index (χ4v) is 1.87. The van der Waals surface area contributed by atoms with Crippen LogP contribution in [0.2, 0.25) is 0 Å². The first-order chi connectivity index (χ1) is 10.7. The number of rotatable bonds is 6. The summed E-state index contributed by atoms with van der Waals surface area (Å²) in [6, 6.07) is 6.31. The molecule has 1 rings (SSSR count). The maximum atomic E-state index is 13.2. The summed E-state index contributed by atoms with van der Waals surface area (Å²) in [6.07, 6.45) is 0.428. The van der Waals surface area contributed by atoms with Crippen LogP contribution in [0.4, 0.5) is 9.18 Å². The highest BCUT2D eigenvalue weighted by Gasteiger charge is 2.18. The Morgan fingerprint density at radius 3 is 2.74 bits per heavy atom. The Morgan fingerprint density at radius 1 is 1.43 bits per heavy atom. The fraction of sp³-hybridized carbons (Fsp3) is 0.529. The third-order valence-electron chi connectivity index (χ3n) is 3.03. The summed E-state index contributed by atoms with van der Waals surface area (Å²) in [5, 5.41) is 12.0. The van der Waals surface area contributed by atoms with Gasteiger partial charge >= 0.3 is 6.09 Å². The van der Waals surface area contributed by atoms with Crippen LogP contribution < -0.4 is 5.32 Å². The van der Waals surface area contributed by atoms with Gasteiger partial charge in [0.1, 0.15) is 17.5 Å². The molecule has 1 aromatic rings. The van der Waals surface area contributed by atoms with E-state index in [9.17, 15) is 9.18 Å². The number of amides is 1. The molecular weight excluding hydrogens is 297 g/mol. The number of carbonyl (C=O) groups excluding carboxylic acids is 1. The summed E-state index contributed by atoms with van der Waals surface area (Å²) in [5.41, 5.74) is 0.405. The summed E-state index contributed by atoms with van der Waals surface area (Å²) in [5.74, 6) is -0.504. The van der Waals surface area contributed by atoms with Gasteiger partial charge in [0, 0.05) is 20.1 Å². The van der Waals surface area contributed by atoms with Gasteiger partial charge in [-0.3, -0.25) is 0 Å². The Labute approximate surface area is 137 Å². The number of hydrogen-bond acceptors (Lipinski definition) is 4. The molecule has 0 aliphatic heterocycles. The van der Waals surface area contributed by atoms with E-state index in [1.807, 2.05) is 26.8 Å². The molecular formula is C17H24FN3O2. The lowest BCUT2D eigenvalue weighted by molar-refractivity contribution is 0.0297. The Morgan fingerprint density at radius 2 is 2.13 bits per heavy atom. The van der Waals surface area contributed by atoms with Gasteiger partial charge in [-0.2, -0.15) is 5.26 Å². The molecule has 0 bridgehead atoms. The number of hydrogen-bond donors (Lipinski definition) is 1. The maximum absolute atomic E-state index is 13.2. The van der Waals surface area contributed by atoms with Crippen LogP contribution in [0.5, 0.6) is 0 Å². The summed E-state index contributed by atoms with van der Waals surface area (Å²) >= 11 is 0. The molecule has 23 heavy (non-hydrogen) atoms. The van der Waals surface area contributed by atoms with E-state index in [1.54, 1.807) is 18.0 Å². The van der Waals surface area contributed by atoms with Gasteiger partial charge < -0.3 is 15.0 Å². The molecule has 0 unspecified atom stereocenters. The Hall–Kier alpha value is -2.13. The normalized spacial score (nSPS) is 11.0. The van der Waals surface area contributed by atoms with E-state index in [1.165, 1.54) is 12.1 Å². The van der Waals surface area contributed by atoms with Crippen LogP contribution in [-0.2, 0) is 11.3 Å². The van der Waals surface area contributed by atoms with Gasteiger partial charge in [0.25, 0.3) is 0 Å². The molecule has 0 aliphatic rings. The molecule has 126 valence electrons. The van der Waals surface area contributed by atoms with E-state index >= 15 is 0 Å². The van der Waals surface area contributed by atoms with Crippen LogP contribution in [0.1, 0.15) is 38.3 Å². The molecule has 0 atom stereocenters. The molecule has 0 fully saturated rings. The predicted octanol–water partition coefficient (Wildman–Crippen LogP) is 3.04. The van der Waals surface area contributed by atoms with Crippen LogP contribution in [0.3, 0.4) is 0 Å². The van der Waals surface area contributed by atoms with Crippen molar-refractivity contribution in [3.63, 3.8) is 0 Å². The van der Waals surface area contributed by atoms with Crippen molar-refractivity contribution >= 4 is 6.09 Å². The summed E-state index contributed by atoms with van der Waals surface area (Å²) in [4.78, 5) is 13.3. The third kappa shape index (κ3) is 7.11. The highest BCUT2D eigenvalue weighted by Crippen LogP contribution is 2.10. The zero-order valence-corrected chi connectivity index (χ0v) is 14.1. The average Bonchev–Trinajstić information content (AvgIpc) is 2.46. The van der Waals surface area contributed by atoms with Crippen LogP contribution in [-0.4, -0.2) is 36.7 Å². The predicted molar refractivity (Wildman–Crippen MR) is 86.3 cm³/mol. The second-order valence-electron chi connectivity index (χ2n) is 6.36. The largest absolute Gasteiger partial charge is 0.444 e. The summed E-state index contributed by atoms with van der Waals surface area (Å²) in [7, 11) is 1.70. The van der Waals surface area contributed by atoms with Gasteiger partial charge in [0.05, 0.1) is 5.56 Å². The molecule has 0 radical (unpaired) electrons. The highest BCUT2D eigenvalue weighted by atomic mass is 19.1. The first kappa shape index (κ1) is 18.9. The minimum Gasteiger partial charge on any atom is -0.444 e. The molecule has 5 nitrogen and oxygen atoms in total. The number of carbonyl (C=O) groups is 1. The van der Waals surface area contributed by atoms with Gasteiger partial charge in [-0.15, -0.1) is 0 Å². The lowest BCUT2D eigenvalue weighted by Gasteiger charge is -2.24. The Bertz CT molecular complexity index is 576. The van der Waals surface area contributed by atoms with Crippen LogP contribution >= 0.6 is 0 Å². The topological polar surface area (TPSA) is 65.4 Å². The summed E-state index contributed by atoms with van der Waals surface area (Å²) in [6.45, 7) is 7.32. The van der Waals surface area contributed by atoms with Crippen molar-refractivity contribution in [2.75, 3.05) is 20.1 Å². The van der Waals surface area contributed by atoms with Crippen molar-refractivity contribution < 1.29 is 13.9 Å². The van der Waals surface area contributed by atoms with E-state index in [-0.39, 0.29) is 11.7 Å². The molecule has 1 amide bonds. The van der Waals surface area contributed by atoms with Crippen molar-refractivity contribution in [1.29, 1.82) is 5.26 Å². The first-order valence-corrected chi connectivity index (χ1v) is 7.56. The van der Waals surface area contributed by atoms with Gasteiger partial charge in [-0.05, 0) is 51.4 Å². The minimum atomic E-state index is -0.504. The third-order valence-corrected chi connectivity index (χ3v) is 3.03. The molecule has 0 heterocycles. The molecule has 0 aliphatic carbocycles. The zero-order valence-electron chi connectivity index (χ0n) is 14.1. The molecule has 0 aromatic heterocycles. The quantitative estimate of drug-likeness (QED) is 0.818. The van der Waals surface area contributed by atoms with Crippen LogP contribution in [0, 0.1) is 17.1 Å². The monoisotopic (exact) mass is 321 g/mol. The molecule has 0 saturated heterocycles. The van der Waals surface area contributed by atoms with Crippen molar-refractivity contribution in [1.82, 2.24) is 10.2 Å². The van der Waals surface area contributed by atoms with Gasteiger partial charge in [-0.1, -0.05) is 6.07 Å². The summed E-state index contributed by atoms with van der Waals surface area (Å²) < 4.78 is 18.5. The van der Waals surface area contributed by atoms with Gasteiger partial charge in [0.2, 0.25) is 0 Å². The lowest BCUT2D eigenvalue weighted by atomic mass is 10.1. The molecule has 1 aromatic carbocycles. The minimum absolute atomic E-state index is 0.0500. The standard InChI is InChI=1S/C17H24FN3O2/c1-17(2,3)23-16(22)21(4)9-5-8-20-12-13-6-7-15(18)14(10-13)11-19/h6-7,10,20H,5,8-9,12H2,1-4H3. The fourth-order valence-electron chi connectivity index (χ4n) is 1.87. The SMILES string of the molecule is CN(CCCNCc1ccc(F)c(C#N)c1)C(=O)OC(C)(C)C. The second-order valence-corrected chi connectivity index (χ2v) is 6.36. The Balaban J connectivity index is 2.28. The molecule has 1 N–H and O–H groups in total. The van der Waals surface area contributed by atoms with E-state index in [0.717, 1.165) is 12.0 Å². The number of ether oxygens (including phenoxy) is 1. The number of halogens is 1. The number of nitriles is 1.